The molecule has 0 aliphatic heterocycles. The lowest BCUT2D eigenvalue weighted by Gasteiger charge is -2.11. The first-order valence-electron chi connectivity index (χ1n) is 7.14. The molecule has 1 rings (SSSR count). The maximum atomic E-state index is 12.0. The van der Waals surface area contributed by atoms with Crippen LogP contribution in [0.3, 0.4) is 0 Å². The second-order valence-corrected chi connectivity index (χ2v) is 6.33. The molecule has 0 unspecified atom stereocenters. The number of halogens is 3. The molecule has 0 saturated heterocycles. The molecule has 0 aliphatic rings. The number of nitrogens with zero attached hydrogens (tertiary/aromatic N) is 1. The largest absolute Gasteiger partial charge is 0.512 e. The van der Waals surface area contributed by atoms with Gasteiger partial charge in [-0.25, -0.2) is 4.79 Å². The molecule has 0 bridgehead atoms. The van der Waals surface area contributed by atoms with Crippen molar-refractivity contribution in [2.24, 2.45) is 4.99 Å². The Morgan fingerprint density at radius 1 is 1.28 bits per heavy atom. The van der Waals surface area contributed by atoms with Gasteiger partial charge in [0.1, 0.15) is 11.3 Å². The highest BCUT2D eigenvalue weighted by molar-refractivity contribution is 6.47. The number of carbonyl (C=O) groups is 2. The zero-order chi connectivity index (χ0) is 19.3. The van der Waals surface area contributed by atoms with E-state index in [1.165, 1.54) is 20.0 Å². The lowest BCUT2D eigenvalue weighted by molar-refractivity contribution is -0.142. The lowest BCUT2D eigenvalue weighted by Crippen LogP contribution is -2.19. The molecule has 6 nitrogen and oxygen atoms in total. The second-order valence-electron chi connectivity index (χ2n) is 5.17. The van der Waals surface area contributed by atoms with E-state index in [2.05, 4.69) is 10.3 Å². The third-order valence-corrected chi connectivity index (χ3v) is 4.05. The minimum atomic E-state index is -0.749. The van der Waals surface area contributed by atoms with E-state index >= 15 is 0 Å². The van der Waals surface area contributed by atoms with E-state index in [1.807, 2.05) is 0 Å². The summed E-state index contributed by atoms with van der Waals surface area (Å²) in [5.74, 6) is -1.57. The summed E-state index contributed by atoms with van der Waals surface area (Å²) in [6.45, 7) is 4.66. The molecule has 9 heteroatoms. The third-order valence-electron chi connectivity index (χ3n) is 2.88. The number of hydrogen-bond donors (Lipinski definition) is 2. The molecule has 1 aromatic rings. The van der Waals surface area contributed by atoms with E-state index in [4.69, 9.17) is 39.5 Å². The van der Waals surface area contributed by atoms with Crippen LogP contribution in [-0.4, -0.2) is 36.3 Å². The Morgan fingerprint density at radius 3 is 2.36 bits per heavy atom. The molecule has 0 saturated carbocycles. The van der Waals surface area contributed by atoms with Crippen molar-refractivity contribution in [1.82, 2.24) is 5.32 Å². The minimum absolute atomic E-state index is 0.0155. The Morgan fingerprint density at radius 2 is 1.88 bits per heavy atom. The van der Waals surface area contributed by atoms with E-state index in [0.717, 1.165) is 6.21 Å². The minimum Gasteiger partial charge on any atom is -0.512 e. The molecule has 0 fully saturated rings. The number of aliphatic imine (C=N–C) groups is 1. The van der Waals surface area contributed by atoms with Gasteiger partial charge in [0, 0.05) is 13.3 Å². The summed E-state index contributed by atoms with van der Waals surface area (Å²) in [6, 6.07) is 1.34. The summed E-state index contributed by atoms with van der Waals surface area (Å²) in [4.78, 5) is 27.9. The van der Waals surface area contributed by atoms with Gasteiger partial charge in [-0.15, -0.1) is 0 Å². The molecule has 0 atom stereocenters. The number of aliphatic hydroxyl groups is 1. The zero-order valence-electron chi connectivity index (χ0n) is 14.0. The van der Waals surface area contributed by atoms with Crippen LogP contribution in [0, 0.1) is 0 Å². The van der Waals surface area contributed by atoms with Crippen molar-refractivity contribution < 1.29 is 19.4 Å². The topological polar surface area (TPSA) is 88.0 Å². The van der Waals surface area contributed by atoms with E-state index in [1.54, 1.807) is 13.8 Å². The van der Waals surface area contributed by atoms with E-state index in [9.17, 15) is 14.7 Å². The highest BCUT2D eigenvalue weighted by Gasteiger charge is 2.20. The van der Waals surface area contributed by atoms with Gasteiger partial charge in [0.25, 0.3) is 5.91 Å². The Balaban J connectivity index is 3.36. The fourth-order valence-electron chi connectivity index (χ4n) is 1.71. The number of esters is 1. The first kappa shape index (κ1) is 21.3. The SMILES string of the molecule is CNC(=O)c1c(Cl)c(Cl)cc(N=CC(C(=O)OC(C)C)=C(C)O)c1Cl. The quantitative estimate of drug-likeness (QED) is 0.247. The molecule has 0 heterocycles. The summed E-state index contributed by atoms with van der Waals surface area (Å²) in [5, 5.41) is 12.1. The molecule has 0 aliphatic carbocycles. The monoisotopic (exact) mass is 406 g/mol. The van der Waals surface area contributed by atoms with Crippen LogP contribution in [-0.2, 0) is 9.53 Å². The van der Waals surface area contributed by atoms with Crippen LogP contribution in [0.4, 0.5) is 5.69 Å². The number of benzene rings is 1. The number of carbonyl (C=O) groups excluding carboxylic acids is 2. The average Bonchev–Trinajstić information content (AvgIpc) is 2.51. The fraction of sp³-hybridized carbons (Fsp3) is 0.312. The van der Waals surface area contributed by atoms with E-state index in [0.29, 0.717) is 0 Å². The third kappa shape index (κ3) is 5.36. The van der Waals surface area contributed by atoms with Gasteiger partial charge in [0.2, 0.25) is 0 Å². The number of aliphatic hydroxyl groups excluding tert-OH is 1. The molecular weight excluding hydrogens is 391 g/mol. The number of amides is 1. The predicted molar refractivity (Wildman–Crippen MR) is 99.6 cm³/mol. The summed E-state index contributed by atoms with van der Waals surface area (Å²) in [5.41, 5.74) is -0.0930. The molecule has 0 aromatic heterocycles. The summed E-state index contributed by atoms with van der Waals surface area (Å²) in [7, 11) is 1.41. The zero-order valence-corrected chi connectivity index (χ0v) is 16.3. The number of rotatable bonds is 5. The first-order valence-corrected chi connectivity index (χ1v) is 8.28. The number of allylic oxidation sites excluding steroid dienone is 1. The van der Waals surface area contributed by atoms with E-state index < -0.39 is 11.9 Å². The fourth-order valence-corrected chi connectivity index (χ4v) is 2.48. The van der Waals surface area contributed by atoms with Gasteiger partial charge in [0.15, 0.2) is 0 Å². The predicted octanol–water partition coefficient (Wildman–Crippen LogP) is 4.49. The van der Waals surface area contributed by atoms with Crippen LogP contribution >= 0.6 is 34.8 Å². The van der Waals surface area contributed by atoms with Gasteiger partial charge in [0.05, 0.1) is 32.4 Å². The van der Waals surface area contributed by atoms with Crippen molar-refractivity contribution in [2.45, 2.75) is 26.9 Å². The van der Waals surface area contributed by atoms with Crippen molar-refractivity contribution in [1.29, 1.82) is 0 Å². The van der Waals surface area contributed by atoms with Crippen molar-refractivity contribution in [2.75, 3.05) is 7.05 Å². The van der Waals surface area contributed by atoms with Crippen LogP contribution in [0.1, 0.15) is 31.1 Å². The lowest BCUT2D eigenvalue weighted by atomic mass is 10.1. The molecule has 1 amide bonds. The van der Waals surface area contributed by atoms with Crippen LogP contribution < -0.4 is 5.32 Å². The molecule has 0 spiro atoms. The second kappa shape index (κ2) is 9.08. The highest BCUT2D eigenvalue weighted by atomic mass is 35.5. The number of nitrogens with one attached hydrogen (secondary N) is 1. The Labute approximate surface area is 160 Å². The Bertz CT molecular complexity index is 754. The molecule has 136 valence electrons. The summed E-state index contributed by atoms with van der Waals surface area (Å²) >= 11 is 18.2. The van der Waals surface area contributed by atoms with E-state index in [-0.39, 0.29) is 43.8 Å². The molecular formula is C16H17Cl3N2O4. The van der Waals surface area contributed by atoms with Gasteiger partial charge in [-0.1, -0.05) is 34.8 Å². The maximum Gasteiger partial charge on any atom is 0.343 e. The standard InChI is InChI=1S/C16H17Cl3N2O4/c1-7(2)25-16(24)9(8(3)22)6-21-11-5-10(17)13(18)12(14(11)19)15(23)20-4/h5-7,22H,1-4H3,(H,20,23). The van der Waals surface area contributed by atoms with Gasteiger partial charge in [-0.2, -0.15) is 0 Å². The van der Waals surface area contributed by atoms with Gasteiger partial charge in [-0.3, -0.25) is 9.79 Å². The van der Waals surface area contributed by atoms with Crippen molar-refractivity contribution >= 4 is 58.6 Å². The first-order chi connectivity index (χ1) is 11.6. The van der Waals surface area contributed by atoms with Gasteiger partial charge in [-0.05, 0) is 26.8 Å². The van der Waals surface area contributed by atoms with Gasteiger partial charge < -0.3 is 15.2 Å². The molecule has 0 radical (unpaired) electrons. The van der Waals surface area contributed by atoms with Crippen molar-refractivity contribution in [3.8, 4) is 0 Å². The maximum absolute atomic E-state index is 12.0. The summed E-state index contributed by atoms with van der Waals surface area (Å²) in [6.07, 6.45) is 0.711. The van der Waals surface area contributed by atoms with Crippen LogP contribution in [0.15, 0.2) is 22.4 Å². The molecule has 1 aromatic carbocycles. The summed E-state index contributed by atoms with van der Waals surface area (Å²) < 4.78 is 5.02. The van der Waals surface area contributed by atoms with Crippen molar-refractivity contribution in [3.63, 3.8) is 0 Å². The Hall–Kier alpha value is -1.76. The van der Waals surface area contributed by atoms with Crippen LogP contribution in [0.25, 0.3) is 0 Å². The van der Waals surface area contributed by atoms with Crippen molar-refractivity contribution in [3.05, 3.63) is 38.0 Å². The van der Waals surface area contributed by atoms with Gasteiger partial charge >= 0.3 is 5.97 Å². The van der Waals surface area contributed by atoms with Crippen LogP contribution in [0.5, 0.6) is 0 Å². The Kier molecular flexibility index (Phi) is 7.73. The van der Waals surface area contributed by atoms with Crippen LogP contribution in [0.2, 0.25) is 15.1 Å². The molecule has 2 N–H and O–H groups in total. The number of hydrogen-bond acceptors (Lipinski definition) is 5. The normalized spacial score (nSPS) is 12.3. The average molecular weight is 408 g/mol. The highest BCUT2D eigenvalue weighted by Crippen LogP contribution is 2.38. The molecule has 25 heavy (non-hydrogen) atoms. The smallest absolute Gasteiger partial charge is 0.343 e. The number of ether oxygens (including phenoxy) is 1.